The quantitative estimate of drug-likeness (QED) is 0.570. The summed E-state index contributed by atoms with van der Waals surface area (Å²) in [6, 6.07) is 15.9. The van der Waals surface area contributed by atoms with E-state index in [1.54, 1.807) is 0 Å². The summed E-state index contributed by atoms with van der Waals surface area (Å²) < 4.78 is 6.20. The van der Waals surface area contributed by atoms with Crippen LogP contribution in [0.1, 0.15) is 34.1 Å². The first-order valence-corrected chi connectivity index (χ1v) is 9.01. The number of esters is 1. The SMILES string of the molecule is COC(=O)Cn1nnnc1C(NCc1cccc(CN)c1)c1ccc(C)cc1. The molecule has 146 valence electrons. The number of tetrazole rings is 1. The lowest BCUT2D eigenvalue weighted by atomic mass is 10.0. The van der Waals surface area contributed by atoms with E-state index >= 15 is 0 Å². The first-order chi connectivity index (χ1) is 13.6. The molecule has 0 spiro atoms. The molecule has 0 aliphatic heterocycles. The second-order valence-electron chi connectivity index (χ2n) is 6.52. The summed E-state index contributed by atoms with van der Waals surface area (Å²) in [7, 11) is 1.34. The lowest BCUT2D eigenvalue weighted by Gasteiger charge is -2.19. The fourth-order valence-electron chi connectivity index (χ4n) is 2.92. The van der Waals surface area contributed by atoms with Crippen LogP contribution in [0.25, 0.3) is 0 Å². The zero-order valence-electron chi connectivity index (χ0n) is 16.0. The molecule has 28 heavy (non-hydrogen) atoms. The molecule has 1 heterocycles. The molecule has 3 rings (SSSR count). The molecular formula is C20H24N6O2. The second kappa shape index (κ2) is 9.20. The van der Waals surface area contributed by atoms with Crippen LogP contribution < -0.4 is 11.1 Å². The smallest absolute Gasteiger partial charge is 0.327 e. The van der Waals surface area contributed by atoms with Crippen molar-refractivity contribution >= 4 is 5.97 Å². The number of hydrogen-bond acceptors (Lipinski definition) is 7. The highest BCUT2D eigenvalue weighted by molar-refractivity contribution is 5.68. The summed E-state index contributed by atoms with van der Waals surface area (Å²) >= 11 is 0. The van der Waals surface area contributed by atoms with Crippen LogP contribution in [0, 0.1) is 6.92 Å². The van der Waals surface area contributed by atoms with Gasteiger partial charge in [0.15, 0.2) is 5.82 Å². The van der Waals surface area contributed by atoms with Crippen LogP contribution in [0.5, 0.6) is 0 Å². The number of rotatable bonds is 8. The summed E-state index contributed by atoms with van der Waals surface area (Å²) in [5.41, 5.74) is 10.1. The number of carbonyl (C=O) groups is 1. The van der Waals surface area contributed by atoms with Crippen molar-refractivity contribution in [1.29, 1.82) is 0 Å². The molecule has 0 fully saturated rings. The topological polar surface area (TPSA) is 108 Å². The van der Waals surface area contributed by atoms with Gasteiger partial charge in [0.1, 0.15) is 6.54 Å². The Bertz CT molecular complexity index is 922. The third kappa shape index (κ3) is 4.79. The number of methoxy groups -OCH3 is 1. The van der Waals surface area contributed by atoms with Gasteiger partial charge in [0.05, 0.1) is 13.2 Å². The number of aryl methyl sites for hydroxylation is 1. The fourth-order valence-corrected chi connectivity index (χ4v) is 2.92. The van der Waals surface area contributed by atoms with E-state index in [-0.39, 0.29) is 12.6 Å². The highest BCUT2D eigenvalue weighted by Crippen LogP contribution is 2.21. The van der Waals surface area contributed by atoms with E-state index in [1.807, 2.05) is 49.4 Å². The van der Waals surface area contributed by atoms with Gasteiger partial charge in [-0.1, -0.05) is 54.1 Å². The summed E-state index contributed by atoms with van der Waals surface area (Å²) in [6.45, 7) is 3.07. The molecule has 1 aromatic heterocycles. The summed E-state index contributed by atoms with van der Waals surface area (Å²) in [5, 5.41) is 15.4. The van der Waals surface area contributed by atoms with Gasteiger partial charge in [-0.05, 0) is 34.0 Å². The number of aromatic nitrogens is 4. The predicted molar refractivity (Wildman–Crippen MR) is 104 cm³/mol. The minimum atomic E-state index is -0.410. The molecular weight excluding hydrogens is 356 g/mol. The van der Waals surface area contributed by atoms with Gasteiger partial charge in [-0.2, -0.15) is 0 Å². The van der Waals surface area contributed by atoms with Crippen LogP contribution >= 0.6 is 0 Å². The number of ether oxygens (including phenoxy) is 1. The van der Waals surface area contributed by atoms with Crippen LogP contribution in [0.4, 0.5) is 0 Å². The maximum atomic E-state index is 11.7. The monoisotopic (exact) mass is 380 g/mol. The minimum absolute atomic E-state index is 0.0501. The van der Waals surface area contributed by atoms with Crippen molar-refractivity contribution in [1.82, 2.24) is 25.5 Å². The Morgan fingerprint density at radius 1 is 1.21 bits per heavy atom. The van der Waals surface area contributed by atoms with Crippen LogP contribution in [0.15, 0.2) is 48.5 Å². The Kier molecular flexibility index (Phi) is 6.46. The Morgan fingerprint density at radius 3 is 2.68 bits per heavy atom. The van der Waals surface area contributed by atoms with Crippen molar-refractivity contribution in [3.8, 4) is 0 Å². The van der Waals surface area contributed by atoms with Gasteiger partial charge in [-0.25, -0.2) is 4.68 Å². The Labute approximate surface area is 163 Å². The molecule has 0 bridgehead atoms. The van der Waals surface area contributed by atoms with E-state index in [2.05, 4.69) is 26.9 Å². The van der Waals surface area contributed by atoms with Crippen molar-refractivity contribution in [2.24, 2.45) is 5.73 Å². The molecule has 0 aliphatic carbocycles. The number of hydrogen-bond donors (Lipinski definition) is 2. The largest absolute Gasteiger partial charge is 0.468 e. The Morgan fingerprint density at radius 2 is 1.96 bits per heavy atom. The number of nitrogens with two attached hydrogens (primary N) is 1. The van der Waals surface area contributed by atoms with Crippen LogP contribution in [0.2, 0.25) is 0 Å². The van der Waals surface area contributed by atoms with E-state index in [9.17, 15) is 4.79 Å². The van der Waals surface area contributed by atoms with Gasteiger partial charge in [-0.15, -0.1) is 5.10 Å². The molecule has 3 N–H and O–H groups in total. The van der Waals surface area contributed by atoms with Crippen molar-refractivity contribution in [2.75, 3.05) is 7.11 Å². The van der Waals surface area contributed by atoms with Gasteiger partial charge in [0, 0.05) is 13.1 Å². The van der Waals surface area contributed by atoms with E-state index in [1.165, 1.54) is 11.8 Å². The van der Waals surface area contributed by atoms with E-state index in [0.29, 0.717) is 18.9 Å². The minimum Gasteiger partial charge on any atom is -0.468 e. The molecule has 8 nitrogen and oxygen atoms in total. The zero-order chi connectivity index (χ0) is 19.9. The van der Waals surface area contributed by atoms with Crippen molar-refractivity contribution in [2.45, 2.75) is 32.6 Å². The molecule has 1 unspecified atom stereocenters. The van der Waals surface area contributed by atoms with Crippen LogP contribution in [-0.2, 0) is 29.2 Å². The maximum Gasteiger partial charge on any atom is 0.327 e. The molecule has 0 saturated heterocycles. The third-order valence-electron chi connectivity index (χ3n) is 4.47. The van der Waals surface area contributed by atoms with Gasteiger partial charge in [0.25, 0.3) is 0 Å². The molecule has 3 aromatic rings. The van der Waals surface area contributed by atoms with E-state index in [4.69, 9.17) is 10.5 Å². The molecule has 8 heteroatoms. The standard InChI is InChI=1S/C20H24N6O2/c1-14-6-8-17(9-7-14)19(20-23-24-25-26(20)13-18(27)28-2)22-12-16-5-3-4-15(10-16)11-21/h3-10,19,22H,11-13,21H2,1-2H3. The van der Waals surface area contributed by atoms with E-state index in [0.717, 1.165) is 22.3 Å². The second-order valence-corrected chi connectivity index (χ2v) is 6.52. The zero-order valence-corrected chi connectivity index (χ0v) is 16.0. The van der Waals surface area contributed by atoms with Crippen molar-refractivity contribution < 1.29 is 9.53 Å². The summed E-state index contributed by atoms with van der Waals surface area (Å²) in [6.07, 6.45) is 0. The normalized spacial score (nSPS) is 12.0. The van der Waals surface area contributed by atoms with Gasteiger partial charge in [-0.3, -0.25) is 10.1 Å². The van der Waals surface area contributed by atoms with Gasteiger partial charge >= 0.3 is 5.97 Å². The number of nitrogens with one attached hydrogen (secondary N) is 1. The third-order valence-corrected chi connectivity index (χ3v) is 4.47. The van der Waals surface area contributed by atoms with Crippen molar-refractivity contribution in [3.63, 3.8) is 0 Å². The molecule has 0 radical (unpaired) electrons. The van der Waals surface area contributed by atoms with E-state index < -0.39 is 5.97 Å². The molecule has 0 amide bonds. The number of nitrogens with zero attached hydrogens (tertiary/aromatic N) is 4. The molecule has 2 aromatic carbocycles. The molecule has 1 atom stereocenters. The number of benzene rings is 2. The van der Waals surface area contributed by atoms with Crippen LogP contribution in [-0.4, -0.2) is 33.3 Å². The summed E-state index contributed by atoms with van der Waals surface area (Å²) in [4.78, 5) is 11.7. The lowest BCUT2D eigenvalue weighted by Crippen LogP contribution is -2.27. The lowest BCUT2D eigenvalue weighted by molar-refractivity contribution is -0.141. The predicted octanol–water partition coefficient (Wildman–Crippen LogP) is 1.49. The van der Waals surface area contributed by atoms with Gasteiger partial charge < -0.3 is 10.5 Å². The van der Waals surface area contributed by atoms with Crippen molar-refractivity contribution in [3.05, 3.63) is 76.6 Å². The van der Waals surface area contributed by atoms with Gasteiger partial charge in [0.2, 0.25) is 0 Å². The first-order valence-electron chi connectivity index (χ1n) is 9.01. The first kappa shape index (κ1) is 19.7. The fraction of sp³-hybridized carbons (Fsp3) is 0.300. The maximum absolute atomic E-state index is 11.7. The Hall–Kier alpha value is -3.10. The average molecular weight is 380 g/mol. The summed E-state index contributed by atoms with van der Waals surface area (Å²) in [5.74, 6) is 0.135. The highest BCUT2D eigenvalue weighted by atomic mass is 16.5. The highest BCUT2D eigenvalue weighted by Gasteiger charge is 2.22. The molecule has 0 aliphatic rings. The molecule has 0 saturated carbocycles. The Balaban J connectivity index is 1.88. The number of carbonyl (C=O) groups excluding carboxylic acids is 1. The average Bonchev–Trinajstić information content (AvgIpc) is 3.17. The van der Waals surface area contributed by atoms with Crippen LogP contribution in [0.3, 0.4) is 0 Å².